The van der Waals surface area contributed by atoms with E-state index in [2.05, 4.69) is 0 Å². The Morgan fingerprint density at radius 1 is 1.56 bits per heavy atom. The fourth-order valence-corrected chi connectivity index (χ4v) is 3.30. The lowest BCUT2D eigenvalue weighted by Crippen LogP contribution is -2.08. The van der Waals surface area contributed by atoms with Crippen molar-refractivity contribution in [2.75, 3.05) is 19.5 Å². The summed E-state index contributed by atoms with van der Waals surface area (Å²) < 4.78 is 10.8. The van der Waals surface area contributed by atoms with Crippen LogP contribution in [0.5, 0.6) is 5.75 Å². The number of hydrogen-bond acceptors (Lipinski definition) is 4. The smallest absolute Gasteiger partial charge is 0.164 e. The lowest BCUT2D eigenvalue weighted by atomic mass is 10.1. The maximum Gasteiger partial charge on any atom is 0.164 e. The maximum absolute atomic E-state index is 11.7. The van der Waals surface area contributed by atoms with Gasteiger partial charge in [0.25, 0.3) is 0 Å². The van der Waals surface area contributed by atoms with Gasteiger partial charge in [0.15, 0.2) is 5.78 Å². The summed E-state index contributed by atoms with van der Waals surface area (Å²) in [4.78, 5) is 12.7. The van der Waals surface area contributed by atoms with E-state index >= 15 is 0 Å². The third-order valence-corrected chi connectivity index (χ3v) is 4.20. The molecule has 0 radical (unpaired) electrons. The summed E-state index contributed by atoms with van der Waals surface area (Å²) >= 11 is 1.68. The van der Waals surface area contributed by atoms with Gasteiger partial charge in [0, 0.05) is 17.3 Å². The average molecular weight is 266 g/mol. The molecule has 1 fully saturated rings. The van der Waals surface area contributed by atoms with E-state index < -0.39 is 0 Å². The van der Waals surface area contributed by atoms with Crippen molar-refractivity contribution < 1.29 is 14.3 Å². The van der Waals surface area contributed by atoms with Crippen molar-refractivity contribution >= 4 is 17.5 Å². The molecule has 1 atom stereocenters. The van der Waals surface area contributed by atoms with Crippen LogP contribution in [0.4, 0.5) is 0 Å². The fraction of sp³-hybridized carbons (Fsp3) is 0.500. The van der Waals surface area contributed by atoms with Crippen LogP contribution in [0.1, 0.15) is 30.1 Å². The van der Waals surface area contributed by atoms with Gasteiger partial charge in [-0.05, 0) is 31.9 Å². The number of carbonyl (C=O) groups excluding carboxylic acids is 1. The number of hydrogen-bond donors (Lipinski definition) is 0. The van der Waals surface area contributed by atoms with Crippen LogP contribution in [-0.4, -0.2) is 31.4 Å². The first kappa shape index (κ1) is 13.4. The number of rotatable bonds is 5. The Balaban J connectivity index is 2.13. The Morgan fingerprint density at radius 3 is 3.00 bits per heavy atom. The number of benzene rings is 1. The Hall–Kier alpha value is -1.00. The molecular formula is C14H18O3S. The van der Waals surface area contributed by atoms with Crippen molar-refractivity contribution in [1.82, 2.24) is 0 Å². The third-order valence-electron chi connectivity index (χ3n) is 3.01. The molecule has 0 aliphatic carbocycles. The molecule has 2 rings (SSSR count). The molecule has 1 heterocycles. The molecule has 0 saturated carbocycles. The molecule has 1 aromatic rings. The molecule has 0 spiro atoms. The van der Waals surface area contributed by atoms with Gasteiger partial charge in [0.1, 0.15) is 5.75 Å². The topological polar surface area (TPSA) is 35.5 Å². The highest BCUT2D eigenvalue weighted by molar-refractivity contribution is 7.99. The molecule has 0 aromatic heterocycles. The summed E-state index contributed by atoms with van der Waals surface area (Å²) in [5, 5.41) is 0. The zero-order valence-electron chi connectivity index (χ0n) is 10.8. The Kier molecular flexibility index (Phi) is 4.66. The number of Topliss-reactive ketones (excluding diaryl/α,β-unsaturated/α-hetero) is 1. The SMILES string of the molecule is COc1cccc(SCC2CCCO2)c1C(C)=O. The number of thioether (sulfide) groups is 1. The monoisotopic (exact) mass is 266 g/mol. The van der Waals surface area contributed by atoms with Crippen molar-refractivity contribution in [2.45, 2.75) is 30.8 Å². The summed E-state index contributed by atoms with van der Waals surface area (Å²) in [6.45, 7) is 2.44. The summed E-state index contributed by atoms with van der Waals surface area (Å²) in [7, 11) is 1.59. The minimum Gasteiger partial charge on any atom is -0.496 e. The van der Waals surface area contributed by atoms with E-state index in [1.54, 1.807) is 25.8 Å². The van der Waals surface area contributed by atoms with Gasteiger partial charge < -0.3 is 9.47 Å². The minimum absolute atomic E-state index is 0.0438. The molecule has 0 amide bonds. The van der Waals surface area contributed by atoms with Gasteiger partial charge in [-0.25, -0.2) is 0 Å². The lowest BCUT2D eigenvalue weighted by molar-refractivity contribution is 0.101. The predicted octanol–water partition coefficient (Wildman–Crippen LogP) is 3.17. The normalized spacial score (nSPS) is 18.9. The number of methoxy groups -OCH3 is 1. The van der Waals surface area contributed by atoms with Crippen LogP contribution in [0, 0.1) is 0 Å². The van der Waals surface area contributed by atoms with Crippen LogP contribution in [0.2, 0.25) is 0 Å². The number of ketones is 1. The lowest BCUT2D eigenvalue weighted by Gasteiger charge is -2.13. The summed E-state index contributed by atoms with van der Waals surface area (Å²) in [6.07, 6.45) is 2.58. The zero-order chi connectivity index (χ0) is 13.0. The molecule has 4 heteroatoms. The summed E-state index contributed by atoms with van der Waals surface area (Å²) in [6, 6.07) is 5.72. The summed E-state index contributed by atoms with van der Waals surface area (Å²) in [5.74, 6) is 1.59. The van der Waals surface area contributed by atoms with Gasteiger partial charge in [-0.2, -0.15) is 0 Å². The molecule has 1 aromatic carbocycles. The Bertz CT molecular complexity index is 425. The maximum atomic E-state index is 11.7. The highest BCUT2D eigenvalue weighted by atomic mass is 32.2. The molecule has 1 aliphatic heterocycles. The van der Waals surface area contributed by atoms with Crippen LogP contribution in [-0.2, 0) is 4.74 Å². The van der Waals surface area contributed by atoms with Crippen LogP contribution in [0.3, 0.4) is 0 Å². The van der Waals surface area contributed by atoms with Gasteiger partial charge in [0.2, 0.25) is 0 Å². The highest BCUT2D eigenvalue weighted by Crippen LogP contribution is 2.32. The largest absolute Gasteiger partial charge is 0.496 e. The van der Waals surface area contributed by atoms with E-state index in [1.165, 1.54) is 0 Å². The standard InChI is InChI=1S/C14H18O3S/c1-10(15)14-12(16-2)6-3-7-13(14)18-9-11-5-4-8-17-11/h3,6-7,11H,4-5,8-9H2,1-2H3. The molecule has 3 nitrogen and oxygen atoms in total. The van der Waals surface area contributed by atoms with E-state index in [0.29, 0.717) is 17.4 Å². The number of ether oxygens (including phenoxy) is 2. The fourth-order valence-electron chi connectivity index (χ4n) is 2.11. The molecule has 18 heavy (non-hydrogen) atoms. The van der Waals surface area contributed by atoms with Crippen LogP contribution >= 0.6 is 11.8 Å². The van der Waals surface area contributed by atoms with Gasteiger partial charge in [-0.3, -0.25) is 4.79 Å². The first-order valence-corrected chi connectivity index (χ1v) is 7.13. The van der Waals surface area contributed by atoms with Crippen molar-refractivity contribution in [2.24, 2.45) is 0 Å². The minimum atomic E-state index is 0.0438. The Morgan fingerprint density at radius 2 is 2.39 bits per heavy atom. The van der Waals surface area contributed by atoms with E-state index in [1.807, 2.05) is 18.2 Å². The second-order valence-electron chi connectivity index (χ2n) is 4.34. The molecule has 0 bridgehead atoms. The van der Waals surface area contributed by atoms with Gasteiger partial charge in [0.05, 0.1) is 18.8 Å². The van der Waals surface area contributed by atoms with Crippen LogP contribution in [0.15, 0.2) is 23.1 Å². The van der Waals surface area contributed by atoms with E-state index in [9.17, 15) is 4.79 Å². The number of carbonyl (C=O) groups is 1. The molecule has 1 aliphatic rings. The van der Waals surface area contributed by atoms with E-state index in [-0.39, 0.29) is 5.78 Å². The molecule has 98 valence electrons. The van der Waals surface area contributed by atoms with Gasteiger partial charge in [-0.1, -0.05) is 6.07 Å². The van der Waals surface area contributed by atoms with Gasteiger partial charge in [-0.15, -0.1) is 11.8 Å². The first-order chi connectivity index (χ1) is 8.72. The highest BCUT2D eigenvalue weighted by Gasteiger charge is 2.18. The second-order valence-corrected chi connectivity index (χ2v) is 5.40. The van der Waals surface area contributed by atoms with E-state index in [4.69, 9.17) is 9.47 Å². The Labute approximate surface area is 112 Å². The first-order valence-electron chi connectivity index (χ1n) is 6.14. The average Bonchev–Trinajstić information content (AvgIpc) is 2.88. The summed E-state index contributed by atoms with van der Waals surface area (Å²) in [5.41, 5.74) is 0.683. The second kappa shape index (κ2) is 6.25. The molecular weight excluding hydrogens is 248 g/mol. The van der Waals surface area contributed by atoms with Crippen molar-refractivity contribution in [3.05, 3.63) is 23.8 Å². The quantitative estimate of drug-likeness (QED) is 0.606. The van der Waals surface area contributed by atoms with Crippen molar-refractivity contribution in [3.8, 4) is 5.75 Å². The van der Waals surface area contributed by atoms with Crippen molar-refractivity contribution in [3.63, 3.8) is 0 Å². The molecule has 1 saturated heterocycles. The van der Waals surface area contributed by atoms with Gasteiger partial charge >= 0.3 is 0 Å². The van der Waals surface area contributed by atoms with Crippen LogP contribution in [0.25, 0.3) is 0 Å². The predicted molar refractivity (Wildman–Crippen MR) is 72.7 cm³/mol. The van der Waals surface area contributed by atoms with E-state index in [0.717, 1.165) is 30.1 Å². The molecule has 0 N–H and O–H groups in total. The molecule has 1 unspecified atom stereocenters. The van der Waals surface area contributed by atoms with Crippen molar-refractivity contribution in [1.29, 1.82) is 0 Å². The van der Waals surface area contributed by atoms with Crippen LogP contribution < -0.4 is 4.74 Å². The zero-order valence-corrected chi connectivity index (χ0v) is 11.6. The third kappa shape index (κ3) is 3.06.